The predicted molar refractivity (Wildman–Crippen MR) is 105 cm³/mol. The second-order valence-corrected chi connectivity index (χ2v) is 6.84. The number of aromatic nitrogens is 5. The van der Waals surface area contributed by atoms with Gasteiger partial charge in [0.15, 0.2) is 5.13 Å². The summed E-state index contributed by atoms with van der Waals surface area (Å²) in [5.41, 5.74) is 5.97. The van der Waals surface area contributed by atoms with Gasteiger partial charge in [-0.15, -0.1) is 12.4 Å². The molecule has 0 bridgehead atoms. The van der Waals surface area contributed by atoms with Gasteiger partial charge in [0.05, 0.1) is 34.1 Å². The number of nitrogens with one attached hydrogen (secondary N) is 1. The first-order valence-corrected chi connectivity index (χ1v) is 8.40. The Morgan fingerprint density at radius 3 is 2.40 bits per heavy atom. The Balaban J connectivity index is 0.00000157. The van der Waals surface area contributed by atoms with E-state index in [2.05, 4.69) is 33.5 Å². The summed E-state index contributed by atoms with van der Waals surface area (Å²) in [7, 11) is 3.99. The minimum Gasteiger partial charge on any atom is -0.334 e. The van der Waals surface area contributed by atoms with Gasteiger partial charge in [0.1, 0.15) is 16.6 Å². The van der Waals surface area contributed by atoms with Crippen molar-refractivity contribution >= 4 is 66.8 Å². The summed E-state index contributed by atoms with van der Waals surface area (Å²) in [6.45, 7) is 0. The minimum atomic E-state index is 0. The minimum absolute atomic E-state index is 0. The maximum Gasteiger partial charge on any atom is 0.188 e. The number of fused-ring (bicyclic) bond motifs is 4. The number of aryl methyl sites for hydroxylation is 2. The van der Waals surface area contributed by atoms with E-state index in [-0.39, 0.29) is 12.4 Å². The molecule has 3 aromatic heterocycles. The van der Waals surface area contributed by atoms with Crippen molar-refractivity contribution in [3.63, 3.8) is 0 Å². The highest BCUT2D eigenvalue weighted by Gasteiger charge is 2.12. The highest BCUT2D eigenvalue weighted by atomic mass is 35.5. The molecule has 0 aliphatic carbocycles. The number of hydrogen-bond acceptors (Lipinski definition) is 5. The summed E-state index contributed by atoms with van der Waals surface area (Å²) < 4.78 is 5.14. The van der Waals surface area contributed by atoms with Crippen molar-refractivity contribution < 1.29 is 0 Å². The SMILES string of the molecule is Cl.Cn1cnc2c(Nc3nc4c(ccc5c4ncn5C)s3)cccc21. The molecule has 126 valence electrons. The first-order valence-electron chi connectivity index (χ1n) is 7.58. The number of para-hydroxylation sites is 1. The van der Waals surface area contributed by atoms with Crippen LogP contribution in [0.15, 0.2) is 43.0 Å². The van der Waals surface area contributed by atoms with Crippen LogP contribution in [-0.4, -0.2) is 24.1 Å². The molecule has 0 spiro atoms. The molecular formula is C17H15ClN6S. The Morgan fingerprint density at radius 2 is 1.60 bits per heavy atom. The third-order valence-corrected chi connectivity index (χ3v) is 5.19. The Hall–Kier alpha value is -2.64. The second-order valence-electron chi connectivity index (χ2n) is 5.81. The summed E-state index contributed by atoms with van der Waals surface area (Å²) in [6, 6.07) is 10.3. The number of thiazole rings is 1. The van der Waals surface area contributed by atoms with Crippen LogP contribution < -0.4 is 5.32 Å². The molecular weight excluding hydrogens is 356 g/mol. The van der Waals surface area contributed by atoms with Crippen LogP contribution in [0.3, 0.4) is 0 Å². The lowest BCUT2D eigenvalue weighted by Crippen LogP contribution is -1.91. The molecule has 0 fully saturated rings. The first kappa shape index (κ1) is 15.9. The summed E-state index contributed by atoms with van der Waals surface area (Å²) in [5, 5.41) is 4.27. The molecule has 5 rings (SSSR count). The van der Waals surface area contributed by atoms with Crippen LogP contribution in [0.2, 0.25) is 0 Å². The molecule has 0 saturated heterocycles. The van der Waals surface area contributed by atoms with Crippen molar-refractivity contribution in [2.45, 2.75) is 0 Å². The standard InChI is InChI=1S/C17H14N6S.ClH/c1-22-8-18-14-10(4-3-5-11(14)22)20-17-21-16-13(24-17)7-6-12-15(16)19-9-23(12)2;/h3-9H,1-2H3,(H,20,21);1H. The van der Waals surface area contributed by atoms with Gasteiger partial charge in [0.25, 0.3) is 0 Å². The Bertz CT molecular complexity index is 1220. The van der Waals surface area contributed by atoms with Crippen LogP contribution in [0.5, 0.6) is 0 Å². The highest BCUT2D eigenvalue weighted by molar-refractivity contribution is 7.22. The molecule has 0 aliphatic rings. The maximum absolute atomic E-state index is 4.76. The van der Waals surface area contributed by atoms with Crippen molar-refractivity contribution in [2.24, 2.45) is 14.1 Å². The molecule has 0 aliphatic heterocycles. The van der Waals surface area contributed by atoms with E-state index in [1.165, 1.54) is 0 Å². The van der Waals surface area contributed by atoms with Crippen molar-refractivity contribution in [3.8, 4) is 0 Å². The summed E-state index contributed by atoms with van der Waals surface area (Å²) >= 11 is 1.63. The molecule has 2 aromatic carbocycles. The largest absolute Gasteiger partial charge is 0.334 e. The Kier molecular flexibility index (Phi) is 3.63. The lowest BCUT2D eigenvalue weighted by molar-refractivity contribution is 0.948. The van der Waals surface area contributed by atoms with E-state index in [4.69, 9.17) is 4.98 Å². The fourth-order valence-corrected chi connectivity index (χ4v) is 3.90. The molecule has 0 radical (unpaired) electrons. The number of imidazole rings is 2. The van der Waals surface area contributed by atoms with Crippen molar-refractivity contribution in [2.75, 3.05) is 5.32 Å². The van der Waals surface area contributed by atoms with Gasteiger partial charge in [-0.1, -0.05) is 17.4 Å². The van der Waals surface area contributed by atoms with Gasteiger partial charge in [-0.25, -0.2) is 15.0 Å². The molecule has 6 nitrogen and oxygen atoms in total. The monoisotopic (exact) mass is 370 g/mol. The molecule has 5 aromatic rings. The number of nitrogens with zero attached hydrogens (tertiary/aromatic N) is 5. The van der Waals surface area contributed by atoms with E-state index in [1.54, 1.807) is 11.3 Å². The first-order chi connectivity index (χ1) is 11.7. The molecule has 8 heteroatoms. The van der Waals surface area contributed by atoms with Gasteiger partial charge in [0, 0.05) is 14.1 Å². The van der Waals surface area contributed by atoms with Crippen molar-refractivity contribution in [1.29, 1.82) is 0 Å². The number of anilines is 2. The van der Waals surface area contributed by atoms with E-state index in [9.17, 15) is 0 Å². The van der Waals surface area contributed by atoms with Crippen LogP contribution in [0.25, 0.3) is 32.3 Å². The van der Waals surface area contributed by atoms with Crippen LogP contribution in [-0.2, 0) is 14.1 Å². The van der Waals surface area contributed by atoms with E-state index in [0.29, 0.717) is 0 Å². The molecule has 25 heavy (non-hydrogen) atoms. The Morgan fingerprint density at radius 1 is 0.880 bits per heavy atom. The van der Waals surface area contributed by atoms with Crippen LogP contribution in [0.4, 0.5) is 10.8 Å². The molecule has 0 amide bonds. The number of halogens is 1. The van der Waals surface area contributed by atoms with Gasteiger partial charge in [0.2, 0.25) is 0 Å². The topological polar surface area (TPSA) is 60.6 Å². The lowest BCUT2D eigenvalue weighted by Gasteiger charge is -2.03. The van der Waals surface area contributed by atoms with Crippen LogP contribution in [0.1, 0.15) is 0 Å². The summed E-state index contributed by atoms with van der Waals surface area (Å²) in [6.07, 6.45) is 3.65. The third-order valence-electron chi connectivity index (χ3n) is 4.25. The van der Waals surface area contributed by atoms with Gasteiger partial charge in [-0.3, -0.25) is 0 Å². The van der Waals surface area contributed by atoms with E-state index in [1.807, 2.05) is 48.0 Å². The van der Waals surface area contributed by atoms with Gasteiger partial charge < -0.3 is 14.5 Å². The van der Waals surface area contributed by atoms with Crippen LogP contribution >= 0.6 is 23.7 Å². The summed E-state index contributed by atoms with van der Waals surface area (Å²) in [4.78, 5) is 13.7. The van der Waals surface area contributed by atoms with E-state index >= 15 is 0 Å². The zero-order valence-electron chi connectivity index (χ0n) is 13.6. The fourth-order valence-electron chi connectivity index (χ4n) is 3.02. The normalized spacial score (nSPS) is 11.3. The zero-order valence-corrected chi connectivity index (χ0v) is 15.2. The highest BCUT2D eigenvalue weighted by Crippen LogP contribution is 2.33. The quantitative estimate of drug-likeness (QED) is 0.505. The average Bonchev–Trinajstić information content (AvgIpc) is 3.26. The smallest absolute Gasteiger partial charge is 0.188 e. The molecule has 1 N–H and O–H groups in total. The number of benzene rings is 2. The molecule has 0 atom stereocenters. The lowest BCUT2D eigenvalue weighted by atomic mass is 10.2. The average molecular weight is 371 g/mol. The van der Waals surface area contributed by atoms with E-state index < -0.39 is 0 Å². The fraction of sp³-hybridized carbons (Fsp3) is 0.118. The molecule has 3 heterocycles. The van der Waals surface area contributed by atoms with Gasteiger partial charge in [-0.2, -0.15) is 0 Å². The Labute approximate surface area is 153 Å². The molecule has 0 saturated carbocycles. The van der Waals surface area contributed by atoms with Crippen molar-refractivity contribution in [1.82, 2.24) is 24.1 Å². The molecule has 0 unspecified atom stereocenters. The van der Waals surface area contributed by atoms with Crippen LogP contribution in [0, 0.1) is 0 Å². The third kappa shape index (κ3) is 2.35. The zero-order chi connectivity index (χ0) is 16.3. The number of rotatable bonds is 2. The number of hydrogen-bond donors (Lipinski definition) is 1. The predicted octanol–water partition coefficient (Wildman–Crippen LogP) is 4.24. The van der Waals surface area contributed by atoms with Gasteiger partial charge in [-0.05, 0) is 24.3 Å². The summed E-state index contributed by atoms with van der Waals surface area (Å²) in [5.74, 6) is 0. The van der Waals surface area contributed by atoms with E-state index in [0.717, 1.165) is 43.1 Å². The second kappa shape index (κ2) is 5.72. The maximum atomic E-state index is 4.76. The van der Waals surface area contributed by atoms with Gasteiger partial charge >= 0.3 is 0 Å². The van der Waals surface area contributed by atoms with Crippen molar-refractivity contribution in [3.05, 3.63) is 43.0 Å².